The summed E-state index contributed by atoms with van der Waals surface area (Å²) in [4.78, 5) is 11.1. The fourth-order valence-electron chi connectivity index (χ4n) is 2.12. The van der Waals surface area contributed by atoms with Crippen LogP contribution in [0.5, 0.6) is 0 Å². The largest absolute Gasteiger partial charge is 0.369 e. The number of nitrogens with one attached hydrogen (secondary N) is 1. The van der Waals surface area contributed by atoms with Crippen molar-refractivity contribution in [2.45, 2.75) is 19.3 Å². The second-order valence-corrected chi connectivity index (χ2v) is 3.71. The molecule has 11 heavy (non-hydrogen) atoms. The molecule has 1 amide bonds. The second-order valence-electron chi connectivity index (χ2n) is 3.71. The number of primary amides is 1. The molecule has 1 aliphatic carbocycles. The van der Waals surface area contributed by atoms with Crippen LogP contribution in [0.4, 0.5) is 0 Å². The predicted molar refractivity (Wildman–Crippen MR) is 41.8 cm³/mol. The van der Waals surface area contributed by atoms with Crippen molar-refractivity contribution in [2.24, 2.45) is 17.1 Å². The Morgan fingerprint density at radius 3 is 2.64 bits per heavy atom. The minimum Gasteiger partial charge on any atom is -0.369 e. The Hall–Kier alpha value is -0.570. The van der Waals surface area contributed by atoms with E-state index in [-0.39, 0.29) is 11.3 Å². The van der Waals surface area contributed by atoms with E-state index in [2.05, 4.69) is 5.32 Å². The molecule has 0 radical (unpaired) electrons. The normalized spacial score (nSPS) is 33.6. The molecule has 3 N–H and O–H groups in total. The van der Waals surface area contributed by atoms with E-state index in [1.54, 1.807) is 0 Å². The summed E-state index contributed by atoms with van der Waals surface area (Å²) in [5.74, 6) is 0.450. The van der Waals surface area contributed by atoms with Gasteiger partial charge in [-0.1, -0.05) is 0 Å². The van der Waals surface area contributed by atoms with Crippen LogP contribution in [-0.2, 0) is 4.79 Å². The molecule has 0 aromatic carbocycles. The molecular formula is C8H14N2O. The summed E-state index contributed by atoms with van der Waals surface area (Å²) < 4.78 is 0. The highest BCUT2D eigenvalue weighted by molar-refractivity contribution is 5.84. The smallest absolute Gasteiger partial charge is 0.223 e. The van der Waals surface area contributed by atoms with Crippen molar-refractivity contribution in [3.05, 3.63) is 0 Å². The van der Waals surface area contributed by atoms with Crippen LogP contribution >= 0.6 is 0 Å². The number of nitrogens with two attached hydrogens (primary N) is 1. The fourth-order valence-corrected chi connectivity index (χ4v) is 2.12. The molecule has 0 aromatic heterocycles. The summed E-state index contributed by atoms with van der Waals surface area (Å²) >= 11 is 0. The molecule has 1 heterocycles. The Balaban J connectivity index is 2.07. The molecule has 1 aliphatic heterocycles. The number of carbonyl (C=O) groups is 1. The van der Waals surface area contributed by atoms with Crippen LogP contribution in [0.25, 0.3) is 0 Å². The highest BCUT2D eigenvalue weighted by atomic mass is 16.1. The van der Waals surface area contributed by atoms with Gasteiger partial charge >= 0.3 is 0 Å². The molecule has 0 spiro atoms. The number of rotatable bonds is 2. The van der Waals surface area contributed by atoms with E-state index < -0.39 is 0 Å². The fraction of sp³-hybridized carbons (Fsp3) is 0.875. The lowest BCUT2D eigenvalue weighted by Gasteiger charge is -2.17. The lowest BCUT2D eigenvalue weighted by atomic mass is 9.88. The first-order chi connectivity index (χ1) is 5.26. The third-order valence-corrected chi connectivity index (χ3v) is 3.12. The number of amides is 1. The average Bonchev–Trinajstić information content (AvgIpc) is 2.61. The number of hydrogen-bond donors (Lipinski definition) is 2. The SMILES string of the molecule is NC(=O)C1([C@H]2CCNC2)CC1. The van der Waals surface area contributed by atoms with Gasteiger partial charge in [0.05, 0.1) is 5.41 Å². The standard InChI is InChI=1S/C8H14N2O/c9-7(11)8(2-3-8)6-1-4-10-5-6/h6,10H,1-5H2,(H2,9,11)/t6-/m0/s1. The van der Waals surface area contributed by atoms with E-state index in [9.17, 15) is 4.79 Å². The Morgan fingerprint density at radius 2 is 2.27 bits per heavy atom. The van der Waals surface area contributed by atoms with Gasteiger partial charge in [0.25, 0.3) is 0 Å². The molecule has 2 fully saturated rings. The van der Waals surface area contributed by atoms with E-state index in [0.29, 0.717) is 5.92 Å². The summed E-state index contributed by atoms with van der Waals surface area (Å²) in [6.45, 7) is 2.04. The summed E-state index contributed by atoms with van der Waals surface area (Å²) in [5, 5.41) is 3.27. The number of carbonyl (C=O) groups excluding carboxylic acids is 1. The van der Waals surface area contributed by atoms with Crippen molar-refractivity contribution in [1.29, 1.82) is 0 Å². The molecule has 0 bridgehead atoms. The van der Waals surface area contributed by atoms with Crippen LogP contribution in [0.3, 0.4) is 0 Å². The van der Waals surface area contributed by atoms with E-state index in [4.69, 9.17) is 5.73 Å². The third-order valence-electron chi connectivity index (χ3n) is 3.12. The maximum Gasteiger partial charge on any atom is 0.223 e. The van der Waals surface area contributed by atoms with Crippen molar-refractivity contribution >= 4 is 5.91 Å². The van der Waals surface area contributed by atoms with Crippen LogP contribution in [0.1, 0.15) is 19.3 Å². The van der Waals surface area contributed by atoms with Crippen LogP contribution in [-0.4, -0.2) is 19.0 Å². The molecule has 0 aromatic rings. The van der Waals surface area contributed by atoms with Gasteiger partial charge < -0.3 is 11.1 Å². The van der Waals surface area contributed by atoms with Gasteiger partial charge in [-0.15, -0.1) is 0 Å². The van der Waals surface area contributed by atoms with Crippen LogP contribution in [0, 0.1) is 11.3 Å². The Kier molecular flexibility index (Phi) is 1.42. The number of hydrogen-bond acceptors (Lipinski definition) is 2. The minimum atomic E-state index is -0.0937. The molecular weight excluding hydrogens is 140 g/mol. The van der Waals surface area contributed by atoms with Crippen molar-refractivity contribution in [3.8, 4) is 0 Å². The lowest BCUT2D eigenvalue weighted by molar-refractivity contribution is -0.124. The third kappa shape index (κ3) is 0.948. The van der Waals surface area contributed by atoms with Crippen molar-refractivity contribution in [2.75, 3.05) is 13.1 Å². The molecule has 3 heteroatoms. The van der Waals surface area contributed by atoms with Gasteiger partial charge in [-0.2, -0.15) is 0 Å². The highest BCUT2D eigenvalue weighted by Gasteiger charge is 2.54. The van der Waals surface area contributed by atoms with Gasteiger partial charge in [-0.05, 0) is 38.3 Å². The van der Waals surface area contributed by atoms with Crippen LogP contribution < -0.4 is 11.1 Å². The predicted octanol–water partition coefficient (Wildman–Crippen LogP) is -0.139. The van der Waals surface area contributed by atoms with Crippen molar-refractivity contribution < 1.29 is 4.79 Å². The molecule has 2 aliphatic rings. The van der Waals surface area contributed by atoms with Gasteiger partial charge in [0, 0.05) is 0 Å². The molecule has 2 rings (SSSR count). The molecule has 62 valence electrons. The van der Waals surface area contributed by atoms with Crippen molar-refractivity contribution in [3.63, 3.8) is 0 Å². The van der Waals surface area contributed by atoms with Crippen molar-refractivity contribution in [1.82, 2.24) is 5.32 Å². The first-order valence-corrected chi connectivity index (χ1v) is 4.26. The zero-order chi connectivity index (χ0) is 7.90. The summed E-state index contributed by atoms with van der Waals surface area (Å²) in [6, 6.07) is 0. The van der Waals surface area contributed by atoms with Gasteiger partial charge in [-0.25, -0.2) is 0 Å². The van der Waals surface area contributed by atoms with Crippen LogP contribution in [0.2, 0.25) is 0 Å². The quantitative estimate of drug-likeness (QED) is 0.581. The van der Waals surface area contributed by atoms with E-state index in [1.165, 1.54) is 0 Å². The maximum atomic E-state index is 11.1. The maximum absolute atomic E-state index is 11.1. The summed E-state index contributed by atoms with van der Waals surface area (Å²) in [5.41, 5.74) is 5.25. The molecule has 3 nitrogen and oxygen atoms in total. The minimum absolute atomic E-state index is 0.0776. The summed E-state index contributed by atoms with van der Waals surface area (Å²) in [6.07, 6.45) is 3.17. The van der Waals surface area contributed by atoms with Gasteiger partial charge in [0.2, 0.25) is 5.91 Å². The average molecular weight is 154 g/mol. The monoisotopic (exact) mass is 154 g/mol. The Morgan fingerprint density at radius 1 is 1.55 bits per heavy atom. The second kappa shape index (κ2) is 2.21. The first-order valence-electron chi connectivity index (χ1n) is 4.26. The van der Waals surface area contributed by atoms with E-state index in [0.717, 1.165) is 32.4 Å². The van der Waals surface area contributed by atoms with Gasteiger partial charge in [-0.3, -0.25) is 4.79 Å². The van der Waals surface area contributed by atoms with Gasteiger partial charge in [0.1, 0.15) is 0 Å². The van der Waals surface area contributed by atoms with E-state index >= 15 is 0 Å². The Labute approximate surface area is 66.3 Å². The molecule has 1 saturated carbocycles. The highest BCUT2D eigenvalue weighted by Crippen LogP contribution is 2.53. The molecule has 1 atom stereocenters. The summed E-state index contributed by atoms with van der Waals surface area (Å²) in [7, 11) is 0. The molecule has 0 unspecified atom stereocenters. The zero-order valence-corrected chi connectivity index (χ0v) is 6.60. The lowest BCUT2D eigenvalue weighted by Crippen LogP contribution is -2.32. The topological polar surface area (TPSA) is 55.1 Å². The van der Waals surface area contributed by atoms with Gasteiger partial charge in [0.15, 0.2) is 0 Å². The zero-order valence-electron chi connectivity index (χ0n) is 6.60. The first kappa shape index (κ1) is 7.10. The van der Waals surface area contributed by atoms with E-state index in [1.807, 2.05) is 0 Å². The van der Waals surface area contributed by atoms with Crippen LogP contribution in [0.15, 0.2) is 0 Å². The Bertz CT molecular complexity index is 181. The molecule has 1 saturated heterocycles.